The van der Waals surface area contributed by atoms with Gasteiger partial charge >= 0.3 is 0 Å². The quantitative estimate of drug-likeness (QED) is 0.494. The Morgan fingerprint density at radius 2 is 2.55 bits per heavy atom. The van der Waals surface area contributed by atoms with Crippen molar-refractivity contribution in [1.29, 1.82) is 0 Å². The Balaban J connectivity index is 2.90. The lowest BCUT2D eigenvalue weighted by atomic mass is 10.4. The van der Waals surface area contributed by atoms with E-state index in [2.05, 4.69) is 16.8 Å². The average molecular weight is 149 g/mol. The zero-order valence-corrected chi connectivity index (χ0v) is 6.03. The van der Waals surface area contributed by atoms with Crippen molar-refractivity contribution in [2.75, 3.05) is 0 Å². The first-order chi connectivity index (χ1) is 5.20. The molecule has 0 aliphatic carbocycles. The normalized spacial score (nSPS) is 8.45. The third-order valence-corrected chi connectivity index (χ3v) is 1.13. The zero-order valence-electron chi connectivity index (χ0n) is 6.03. The predicted octanol–water partition coefficient (Wildman–Crippen LogP) is -0.743. The van der Waals surface area contributed by atoms with E-state index >= 15 is 0 Å². The molecule has 11 heavy (non-hydrogen) atoms. The fourth-order valence-corrected chi connectivity index (χ4v) is 0.603. The van der Waals surface area contributed by atoms with Gasteiger partial charge in [-0.05, 0) is 5.92 Å². The van der Waals surface area contributed by atoms with Crippen LogP contribution in [0.3, 0.4) is 0 Å². The lowest BCUT2D eigenvalue weighted by molar-refractivity contribution is -0.112. The Morgan fingerprint density at radius 1 is 1.82 bits per heavy atom. The first-order valence-corrected chi connectivity index (χ1v) is 2.98. The van der Waals surface area contributed by atoms with Crippen molar-refractivity contribution in [3.63, 3.8) is 0 Å². The molecule has 0 aliphatic heterocycles. The molecular formula is C7H7N3O. The Hall–Kier alpha value is -1.76. The summed E-state index contributed by atoms with van der Waals surface area (Å²) in [6.45, 7) is 0. The van der Waals surface area contributed by atoms with E-state index in [0.717, 1.165) is 0 Å². The highest BCUT2D eigenvalue weighted by Crippen LogP contribution is 1.91. The second kappa shape index (κ2) is 2.88. The van der Waals surface area contributed by atoms with Crippen LogP contribution >= 0.6 is 0 Å². The molecule has 56 valence electrons. The maximum absolute atomic E-state index is 10.2. The number of primary amides is 1. The molecule has 0 bridgehead atoms. The monoisotopic (exact) mass is 149 g/mol. The van der Waals surface area contributed by atoms with Crippen molar-refractivity contribution in [2.24, 2.45) is 12.8 Å². The summed E-state index contributed by atoms with van der Waals surface area (Å²) in [4.78, 5) is 14.0. The van der Waals surface area contributed by atoms with Crippen molar-refractivity contribution in [3.05, 3.63) is 18.2 Å². The molecular weight excluding hydrogens is 142 g/mol. The van der Waals surface area contributed by atoms with Crippen LogP contribution in [0.4, 0.5) is 0 Å². The Morgan fingerprint density at radius 3 is 3.00 bits per heavy atom. The number of imidazole rings is 1. The van der Waals surface area contributed by atoms with E-state index in [1.165, 1.54) is 0 Å². The molecule has 2 N–H and O–H groups in total. The van der Waals surface area contributed by atoms with Crippen molar-refractivity contribution in [2.45, 2.75) is 0 Å². The number of aromatic nitrogens is 2. The highest BCUT2D eigenvalue weighted by molar-refractivity contribution is 5.92. The molecule has 0 atom stereocenters. The molecule has 0 aromatic carbocycles. The Labute approximate surface area is 64.0 Å². The second-order valence-corrected chi connectivity index (χ2v) is 2.00. The van der Waals surface area contributed by atoms with E-state index < -0.39 is 5.91 Å². The van der Waals surface area contributed by atoms with Gasteiger partial charge in [0.1, 0.15) is 5.69 Å². The molecule has 4 heteroatoms. The summed E-state index contributed by atoms with van der Waals surface area (Å²) in [5.41, 5.74) is 5.49. The highest BCUT2D eigenvalue weighted by atomic mass is 16.1. The Kier molecular flexibility index (Phi) is 1.93. The van der Waals surface area contributed by atoms with Crippen LogP contribution in [0.2, 0.25) is 0 Å². The number of nitrogens with two attached hydrogens (primary N) is 1. The van der Waals surface area contributed by atoms with Gasteiger partial charge in [-0.25, -0.2) is 4.98 Å². The molecule has 0 unspecified atom stereocenters. The first-order valence-electron chi connectivity index (χ1n) is 2.98. The van der Waals surface area contributed by atoms with Crippen LogP contribution in [0.1, 0.15) is 5.69 Å². The van der Waals surface area contributed by atoms with Gasteiger partial charge in [0.15, 0.2) is 0 Å². The van der Waals surface area contributed by atoms with Crippen LogP contribution in [0, 0.1) is 11.8 Å². The van der Waals surface area contributed by atoms with Gasteiger partial charge in [0.05, 0.1) is 12.5 Å². The third kappa shape index (κ3) is 1.83. The van der Waals surface area contributed by atoms with Crippen LogP contribution in [0.25, 0.3) is 0 Å². The van der Waals surface area contributed by atoms with Crippen LogP contribution in [0.15, 0.2) is 12.5 Å². The zero-order chi connectivity index (χ0) is 8.27. The number of nitrogens with zero attached hydrogens (tertiary/aromatic N) is 2. The standard InChI is InChI=1S/C7H7N3O/c1-10-5-9-4-6(10)2-3-7(8)11/h4-5H,1H3,(H2,8,11). The predicted molar refractivity (Wildman–Crippen MR) is 39.3 cm³/mol. The van der Waals surface area contributed by atoms with Crippen molar-refractivity contribution < 1.29 is 4.79 Å². The number of carbonyl (C=O) groups is 1. The third-order valence-electron chi connectivity index (χ3n) is 1.13. The molecule has 1 heterocycles. The molecule has 1 amide bonds. The molecule has 0 saturated carbocycles. The largest absolute Gasteiger partial charge is 0.359 e. The van der Waals surface area contributed by atoms with Gasteiger partial charge in [-0.2, -0.15) is 0 Å². The van der Waals surface area contributed by atoms with Crippen molar-refractivity contribution in [1.82, 2.24) is 9.55 Å². The molecule has 0 radical (unpaired) electrons. The van der Waals surface area contributed by atoms with Gasteiger partial charge in [-0.3, -0.25) is 4.79 Å². The van der Waals surface area contributed by atoms with E-state index in [0.29, 0.717) is 5.69 Å². The van der Waals surface area contributed by atoms with Gasteiger partial charge in [0.25, 0.3) is 5.91 Å². The van der Waals surface area contributed by atoms with Crippen LogP contribution in [-0.4, -0.2) is 15.5 Å². The summed E-state index contributed by atoms with van der Waals surface area (Å²) in [6, 6.07) is 0. The summed E-state index contributed by atoms with van der Waals surface area (Å²) in [6.07, 6.45) is 3.17. The van der Waals surface area contributed by atoms with E-state index in [9.17, 15) is 4.79 Å². The first kappa shape index (κ1) is 7.35. The lowest BCUT2D eigenvalue weighted by Gasteiger charge is -1.87. The number of rotatable bonds is 0. The smallest absolute Gasteiger partial charge is 0.293 e. The number of hydrogen-bond donors (Lipinski definition) is 1. The summed E-state index contributed by atoms with van der Waals surface area (Å²) in [5, 5.41) is 0. The maximum Gasteiger partial charge on any atom is 0.293 e. The summed E-state index contributed by atoms with van der Waals surface area (Å²) in [7, 11) is 1.79. The minimum absolute atomic E-state index is 0.633. The van der Waals surface area contributed by atoms with E-state index in [1.54, 1.807) is 24.1 Å². The molecule has 0 aliphatic rings. The second-order valence-electron chi connectivity index (χ2n) is 2.00. The molecule has 1 aromatic rings. The van der Waals surface area contributed by atoms with Gasteiger partial charge in [0, 0.05) is 13.0 Å². The number of carbonyl (C=O) groups excluding carboxylic acids is 1. The minimum Gasteiger partial charge on any atom is -0.359 e. The number of amides is 1. The fourth-order valence-electron chi connectivity index (χ4n) is 0.603. The number of hydrogen-bond acceptors (Lipinski definition) is 2. The van der Waals surface area contributed by atoms with Gasteiger partial charge in [0.2, 0.25) is 0 Å². The summed E-state index contributed by atoms with van der Waals surface area (Å²) < 4.78 is 1.70. The van der Waals surface area contributed by atoms with E-state index in [1.807, 2.05) is 0 Å². The molecule has 1 rings (SSSR count). The average Bonchev–Trinajstić information content (AvgIpc) is 2.31. The van der Waals surface area contributed by atoms with E-state index in [4.69, 9.17) is 5.73 Å². The molecule has 0 spiro atoms. The highest BCUT2D eigenvalue weighted by Gasteiger charge is 1.90. The molecule has 0 saturated heterocycles. The van der Waals surface area contributed by atoms with Crippen LogP contribution < -0.4 is 5.73 Å². The number of aryl methyl sites for hydroxylation is 1. The van der Waals surface area contributed by atoms with Gasteiger partial charge in [-0.1, -0.05) is 0 Å². The fraction of sp³-hybridized carbons (Fsp3) is 0.143. The van der Waals surface area contributed by atoms with Gasteiger partial charge < -0.3 is 10.3 Å². The lowest BCUT2D eigenvalue weighted by Crippen LogP contribution is -2.06. The molecule has 4 nitrogen and oxygen atoms in total. The molecule has 0 fully saturated rings. The van der Waals surface area contributed by atoms with Crippen molar-refractivity contribution in [3.8, 4) is 11.8 Å². The van der Waals surface area contributed by atoms with Gasteiger partial charge in [-0.15, -0.1) is 0 Å². The summed E-state index contributed by atoms with van der Waals surface area (Å²) in [5.74, 6) is 4.15. The SMILES string of the molecule is Cn1cncc1C#CC(N)=O. The van der Waals surface area contributed by atoms with Crippen LogP contribution in [0.5, 0.6) is 0 Å². The molecule has 1 aromatic heterocycles. The van der Waals surface area contributed by atoms with Crippen molar-refractivity contribution >= 4 is 5.91 Å². The Bertz CT molecular complexity index is 329. The summed E-state index contributed by atoms with van der Waals surface area (Å²) >= 11 is 0. The van der Waals surface area contributed by atoms with Crippen LogP contribution in [-0.2, 0) is 11.8 Å². The topological polar surface area (TPSA) is 60.9 Å². The van der Waals surface area contributed by atoms with E-state index in [-0.39, 0.29) is 0 Å². The minimum atomic E-state index is -0.633. The maximum atomic E-state index is 10.2.